The molecule has 3 aromatic rings. The van der Waals surface area contributed by atoms with Gasteiger partial charge in [-0.15, -0.1) is 0 Å². The first-order valence-corrected chi connectivity index (χ1v) is 11.0. The van der Waals surface area contributed by atoms with Crippen LogP contribution in [0.4, 0.5) is 9.18 Å². The molecular weight excluding hydrogens is 437 g/mol. The van der Waals surface area contributed by atoms with E-state index in [1.165, 1.54) is 12.3 Å². The Labute approximate surface area is 197 Å². The lowest BCUT2D eigenvalue weighted by atomic mass is 10.1. The molecule has 2 aromatic heterocycles. The van der Waals surface area contributed by atoms with Crippen LogP contribution in [0.2, 0.25) is 0 Å². The van der Waals surface area contributed by atoms with Gasteiger partial charge in [0.1, 0.15) is 11.4 Å². The van der Waals surface area contributed by atoms with Crippen molar-refractivity contribution < 1.29 is 18.7 Å². The van der Waals surface area contributed by atoms with Gasteiger partial charge in [-0.3, -0.25) is 14.8 Å². The fourth-order valence-corrected chi connectivity index (χ4v) is 3.31. The number of nitrogens with one attached hydrogen (secondary N) is 2. The van der Waals surface area contributed by atoms with Crippen LogP contribution in [0.25, 0.3) is 22.5 Å². The molecule has 0 saturated heterocycles. The minimum absolute atomic E-state index is 0.250. The third kappa shape index (κ3) is 5.92. The number of carbonyl (C=O) groups excluding carboxylic acids is 2. The van der Waals surface area contributed by atoms with Gasteiger partial charge in [0.05, 0.1) is 36.5 Å². The van der Waals surface area contributed by atoms with Gasteiger partial charge in [-0.05, 0) is 51.8 Å². The maximum absolute atomic E-state index is 13.5. The summed E-state index contributed by atoms with van der Waals surface area (Å²) < 4.78 is 19.0. The smallest absolute Gasteiger partial charge is 0.408 e. The van der Waals surface area contributed by atoms with Crippen molar-refractivity contribution in [2.75, 3.05) is 6.54 Å². The van der Waals surface area contributed by atoms with E-state index in [0.717, 1.165) is 11.8 Å². The zero-order valence-electron chi connectivity index (χ0n) is 19.3. The summed E-state index contributed by atoms with van der Waals surface area (Å²) >= 11 is 0. The lowest BCUT2D eigenvalue weighted by molar-refractivity contribution is 0.0700. The first kappa shape index (κ1) is 23.3. The molecule has 0 spiro atoms. The van der Waals surface area contributed by atoms with Gasteiger partial charge < -0.3 is 15.4 Å². The first-order valence-electron chi connectivity index (χ1n) is 11.0. The van der Waals surface area contributed by atoms with E-state index in [-0.39, 0.29) is 12.5 Å². The highest BCUT2D eigenvalue weighted by Crippen LogP contribution is 2.39. The van der Waals surface area contributed by atoms with Crippen molar-refractivity contribution in [2.24, 2.45) is 0 Å². The van der Waals surface area contributed by atoms with E-state index in [4.69, 9.17) is 4.74 Å². The molecule has 9 heteroatoms. The highest BCUT2D eigenvalue weighted by molar-refractivity contribution is 5.94. The largest absolute Gasteiger partial charge is 0.441 e. The fourth-order valence-electron chi connectivity index (χ4n) is 3.31. The SMILES string of the molecule is CC(C)(C)NC(=O)OC1(CNC(=O)c2ccc(-c3cncc(-c4cncc(F)c4)n3)cc2)CC1. The number of alkyl carbamates (subject to hydrolysis) is 1. The third-order valence-electron chi connectivity index (χ3n) is 5.24. The molecule has 0 aliphatic heterocycles. The van der Waals surface area contributed by atoms with Gasteiger partial charge in [-0.2, -0.15) is 0 Å². The van der Waals surface area contributed by atoms with Crippen LogP contribution in [0, 0.1) is 5.82 Å². The minimum Gasteiger partial charge on any atom is -0.441 e. The highest BCUT2D eigenvalue weighted by Gasteiger charge is 2.47. The monoisotopic (exact) mass is 463 g/mol. The molecule has 2 amide bonds. The molecule has 1 saturated carbocycles. The zero-order valence-corrected chi connectivity index (χ0v) is 19.3. The highest BCUT2D eigenvalue weighted by atomic mass is 19.1. The minimum atomic E-state index is -0.646. The summed E-state index contributed by atoms with van der Waals surface area (Å²) in [6.07, 6.45) is 6.72. The molecule has 0 atom stereocenters. The van der Waals surface area contributed by atoms with Crippen LogP contribution in [0.15, 0.2) is 55.1 Å². The van der Waals surface area contributed by atoms with Crippen molar-refractivity contribution >= 4 is 12.0 Å². The van der Waals surface area contributed by atoms with Gasteiger partial charge in [-0.1, -0.05) is 12.1 Å². The average molecular weight is 464 g/mol. The maximum Gasteiger partial charge on any atom is 0.408 e. The molecule has 2 N–H and O–H groups in total. The van der Waals surface area contributed by atoms with Crippen molar-refractivity contribution in [3.8, 4) is 22.5 Å². The second-order valence-corrected chi connectivity index (χ2v) is 9.39. The molecule has 2 heterocycles. The van der Waals surface area contributed by atoms with Crippen molar-refractivity contribution in [3.63, 3.8) is 0 Å². The zero-order chi connectivity index (χ0) is 24.3. The number of pyridine rings is 1. The molecule has 4 rings (SSSR count). The van der Waals surface area contributed by atoms with Gasteiger partial charge >= 0.3 is 6.09 Å². The number of carbonyl (C=O) groups is 2. The second-order valence-electron chi connectivity index (χ2n) is 9.39. The summed E-state index contributed by atoms with van der Waals surface area (Å²) in [5, 5.41) is 5.62. The van der Waals surface area contributed by atoms with Crippen LogP contribution in [0.5, 0.6) is 0 Å². The number of nitrogens with zero attached hydrogens (tertiary/aromatic N) is 3. The molecule has 0 unspecified atom stereocenters. The van der Waals surface area contributed by atoms with E-state index < -0.39 is 23.1 Å². The van der Waals surface area contributed by atoms with Gasteiger partial charge in [0.25, 0.3) is 5.91 Å². The number of amides is 2. The van der Waals surface area contributed by atoms with Crippen LogP contribution in [-0.2, 0) is 4.74 Å². The Morgan fingerprint density at radius 1 is 1.00 bits per heavy atom. The summed E-state index contributed by atoms with van der Waals surface area (Å²) in [5.41, 5.74) is 1.80. The Hall–Kier alpha value is -3.88. The predicted molar refractivity (Wildman–Crippen MR) is 124 cm³/mol. The molecule has 8 nitrogen and oxygen atoms in total. The third-order valence-corrected chi connectivity index (χ3v) is 5.24. The number of benzene rings is 1. The molecule has 0 bridgehead atoms. The van der Waals surface area contributed by atoms with Gasteiger partial charge in [0.15, 0.2) is 0 Å². The summed E-state index contributed by atoms with van der Waals surface area (Å²) in [6, 6.07) is 8.27. The summed E-state index contributed by atoms with van der Waals surface area (Å²) in [4.78, 5) is 37.2. The van der Waals surface area contributed by atoms with E-state index in [1.807, 2.05) is 20.8 Å². The van der Waals surface area contributed by atoms with Crippen molar-refractivity contribution in [3.05, 3.63) is 66.5 Å². The number of halogens is 1. The number of hydrogen-bond acceptors (Lipinski definition) is 6. The molecule has 1 aromatic carbocycles. The molecule has 34 heavy (non-hydrogen) atoms. The number of hydrogen-bond donors (Lipinski definition) is 2. The van der Waals surface area contributed by atoms with Crippen molar-refractivity contribution in [1.82, 2.24) is 25.6 Å². The number of rotatable bonds is 6. The molecular formula is C25H26FN5O3. The van der Waals surface area contributed by atoms with Crippen LogP contribution in [0.3, 0.4) is 0 Å². The molecule has 1 fully saturated rings. The Morgan fingerprint density at radius 2 is 1.65 bits per heavy atom. The molecule has 0 radical (unpaired) electrons. The second kappa shape index (κ2) is 9.17. The lowest BCUT2D eigenvalue weighted by Crippen LogP contribution is -2.45. The molecule has 1 aliphatic rings. The van der Waals surface area contributed by atoms with Crippen LogP contribution >= 0.6 is 0 Å². The maximum atomic E-state index is 13.5. The number of ether oxygens (including phenoxy) is 1. The van der Waals surface area contributed by atoms with E-state index in [2.05, 4.69) is 25.6 Å². The first-order chi connectivity index (χ1) is 16.1. The Balaban J connectivity index is 1.38. The van der Waals surface area contributed by atoms with E-state index in [0.29, 0.717) is 35.4 Å². The van der Waals surface area contributed by atoms with Crippen LogP contribution in [0.1, 0.15) is 44.0 Å². The Bertz CT molecular complexity index is 1200. The van der Waals surface area contributed by atoms with Crippen molar-refractivity contribution in [2.45, 2.75) is 44.8 Å². The van der Waals surface area contributed by atoms with Crippen LogP contribution in [-0.4, -0.2) is 44.6 Å². The molecule has 1 aliphatic carbocycles. The fraction of sp³-hybridized carbons (Fsp3) is 0.320. The van der Waals surface area contributed by atoms with E-state index >= 15 is 0 Å². The standard InChI is InChI=1S/C25H26FN5O3/c1-24(2,3)31-23(33)34-25(8-9-25)15-29-22(32)17-6-4-16(5-7-17)20-13-28-14-21(30-20)18-10-19(26)12-27-11-18/h4-7,10-14H,8-9,15H2,1-3H3,(H,29,32)(H,31,33). The van der Waals surface area contributed by atoms with Gasteiger partial charge in [0, 0.05) is 28.4 Å². The lowest BCUT2D eigenvalue weighted by Gasteiger charge is -2.23. The normalized spacial score (nSPS) is 14.2. The van der Waals surface area contributed by atoms with Gasteiger partial charge in [-0.25, -0.2) is 14.2 Å². The quantitative estimate of drug-likeness (QED) is 0.569. The van der Waals surface area contributed by atoms with Gasteiger partial charge in [0.2, 0.25) is 0 Å². The Morgan fingerprint density at radius 3 is 2.26 bits per heavy atom. The summed E-state index contributed by atoms with van der Waals surface area (Å²) in [5.74, 6) is -0.711. The van der Waals surface area contributed by atoms with Crippen molar-refractivity contribution in [1.29, 1.82) is 0 Å². The average Bonchev–Trinajstić information content (AvgIpc) is 3.55. The van der Waals surface area contributed by atoms with E-state index in [9.17, 15) is 14.0 Å². The Kier molecular flexibility index (Phi) is 6.28. The van der Waals surface area contributed by atoms with Crippen LogP contribution < -0.4 is 10.6 Å². The topological polar surface area (TPSA) is 106 Å². The summed E-state index contributed by atoms with van der Waals surface area (Å²) in [7, 11) is 0. The molecule has 176 valence electrons. The predicted octanol–water partition coefficient (Wildman–Crippen LogP) is 4.13. The van der Waals surface area contributed by atoms with E-state index in [1.54, 1.807) is 36.7 Å². The summed E-state index contributed by atoms with van der Waals surface area (Å²) in [6.45, 7) is 5.87. The number of aromatic nitrogens is 3.